The van der Waals surface area contributed by atoms with Crippen molar-refractivity contribution in [3.8, 4) is 11.5 Å². The third kappa shape index (κ3) is 2.84. The maximum Gasteiger partial charge on any atom is 0.328 e. The molecule has 0 unspecified atom stereocenters. The Labute approximate surface area is 84.9 Å². The van der Waals surface area contributed by atoms with Gasteiger partial charge in [0.2, 0.25) is 0 Å². The van der Waals surface area contributed by atoms with Gasteiger partial charge in [0.15, 0.2) is 17.3 Å². The first kappa shape index (κ1) is 10.8. The fourth-order valence-electron chi connectivity index (χ4n) is 0.920. The molecule has 1 aromatic rings. The highest BCUT2D eigenvalue weighted by molar-refractivity contribution is 6.07. The molecule has 0 amide bonds. The summed E-state index contributed by atoms with van der Waals surface area (Å²) in [6.07, 6.45) is 1.57. The van der Waals surface area contributed by atoms with E-state index in [-0.39, 0.29) is 11.3 Å². The van der Waals surface area contributed by atoms with Crippen LogP contribution in [0.15, 0.2) is 30.4 Å². The van der Waals surface area contributed by atoms with Gasteiger partial charge < -0.3 is 15.3 Å². The molecule has 0 heterocycles. The number of phenolic OH excluding ortho intramolecular Hbond substituents is 2. The van der Waals surface area contributed by atoms with Gasteiger partial charge in [0.25, 0.3) is 0 Å². The van der Waals surface area contributed by atoms with Crippen LogP contribution < -0.4 is 0 Å². The number of hydrogen-bond acceptors (Lipinski definition) is 4. The predicted molar refractivity (Wildman–Crippen MR) is 50.9 cm³/mol. The summed E-state index contributed by atoms with van der Waals surface area (Å²) >= 11 is 0. The maximum absolute atomic E-state index is 11.3. The van der Waals surface area contributed by atoms with Crippen LogP contribution in [0.25, 0.3) is 0 Å². The van der Waals surface area contributed by atoms with E-state index in [2.05, 4.69) is 0 Å². The molecule has 0 saturated heterocycles. The number of ketones is 1. The Morgan fingerprint density at radius 2 is 1.73 bits per heavy atom. The fourth-order valence-corrected chi connectivity index (χ4v) is 0.920. The zero-order valence-electron chi connectivity index (χ0n) is 7.54. The second kappa shape index (κ2) is 4.28. The SMILES string of the molecule is O=C(O)/C=C/C(=O)c1ccc(O)c(O)c1. The summed E-state index contributed by atoms with van der Waals surface area (Å²) in [6, 6.07) is 3.49. The summed E-state index contributed by atoms with van der Waals surface area (Å²) < 4.78 is 0. The molecule has 0 fully saturated rings. The van der Waals surface area contributed by atoms with Crippen LogP contribution in [0.5, 0.6) is 11.5 Å². The molecule has 15 heavy (non-hydrogen) atoms. The number of carbonyl (C=O) groups excluding carboxylic acids is 1. The van der Waals surface area contributed by atoms with Crippen LogP contribution >= 0.6 is 0 Å². The Hall–Kier alpha value is -2.30. The van der Waals surface area contributed by atoms with Crippen molar-refractivity contribution in [2.45, 2.75) is 0 Å². The largest absolute Gasteiger partial charge is 0.504 e. The molecule has 0 aliphatic carbocycles. The number of aliphatic carboxylic acids is 1. The molecule has 0 spiro atoms. The van der Waals surface area contributed by atoms with Crippen molar-refractivity contribution in [3.63, 3.8) is 0 Å². The highest BCUT2D eigenvalue weighted by atomic mass is 16.4. The summed E-state index contributed by atoms with van der Waals surface area (Å²) in [6.45, 7) is 0. The molecular formula is C10H8O5. The first-order valence-electron chi connectivity index (χ1n) is 3.98. The van der Waals surface area contributed by atoms with Gasteiger partial charge in [-0.05, 0) is 24.3 Å². The molecule has 0 bridgehead atoms. The minimum Gasteiger partial charge on any atom is -0.504 e. The Morgan fingerprint density at radius 3 is 2.27 bits per heavy atom. The van der Waals surface area contributed by atoms with Gasteiger partial charge in [0.1, 0.15) is 0 Å². The van der Waals surface area contributed by atoms with Gasteiger partial charge in [-0.3, -0.25) is 4.79 Å². The third-order valence-electron chi connectivity index (χ3n) is 1.64. The molecule has 0 radical (unpaired) electrons. The highest BCUT2D eigenvalue weighted by Crippen LogP contribution is 2.25. The van der Waals surface area contributed by atoms with Gasteiger partial charge >= 0.3 is 5.97 Å². The molecule has 78 valence electrons. The third-order valence-corrected chi connectivity index (χ3v) is 1.64. The lowest BCUT2D eigenvalue weighted by atomic mass is 10.1. The van der Waals surface area contributed by atoms with Crippen LogP contribution in [0, 0.1) is 0 Å². The van der Waals surface area contributed by atoms with E-state index in [1.807, 2.05) is 0 Å². The van der Waals surface area contributed by atoms with E-state index in [9.17, 15) is 9.59 Å². The van der Waals surface area contributed by atoms with Crippen LogP contribution in [0.1, 0.15) is 10.4 Å². The minimum atomic E-state index is -1.23. The van der Waals surface area contributed by atoms with Crippen LogP contribution in [-0.2, 0) is 4.79 Å². The predicted octanol–water partition coefficient (Wildman–Crippen LogP) is 0.921. The number of carbonyl (C=O) groups is 2. The van der Waals surface area contributed by atoms with E-state index >= 15 is 0 Å². The Balaban J connectivity index is 2.92. The number of hydrogen-bond donors (Lipinski definition) is 3. The quantitative estimate of drug-likeness (QED) is 0.390. The second-order valence-electron chi connectivity index (χ2n) is 2.74. The number of carboxylic acids is 1. The molecule has 3 N–H and O–H groups in total. The van der Waals surface area contributed by atoms with Gasteiger partial charge in [0, 0.05) is 11.6 Å². The van der Waals surface area contributed by atoms with Crippen molar-refractivity contribution < 1.29 is 24.9 Å². The topological polar surface area (TPSA) is 94.8 Å². The zero-order chi connectivity index (χ0) is 11.4. The Morgan fingerprint density at radius 1 is 1.07 bits per heavy atom. The smallest absolute Gasteiger partial charge is 0.328 e. The zero-order valence-corrected chi connectivity index (χ0v) is 7.54. The molecule has 1 rings (SSSR count). The lowest BCUT2D eigenvalue weighted by molar-refractivity contribution is -0.131. The van der Waals surface area contributed by atoms with E-state index in [0.29, 0.717) is 6.08 Å². The Kier molecular flexibility index (Phi) is 3.07. The second-order valence-corrected chi connectivity index (χ2v) is 2.74. The van der Waals surface area contributed by atoms with Gasteiger partial charge in [0.05, 0.1) is 0 Å². The van der Waals surface area contributed by atoms with E-state index < -0.39 is 17.5 Å². The first-order valence-corrected chi connectivity index (χ1v) is 3.98. The first-order chi connectivity index (χ1) is 7.00. The molecule has 0 aromatic heterocycles. The van der Waals surface area contributed by atoms with E-state index in [1.54, 1.807) is 0 Å². The number of benzene rings is 1. The van der Waals surface area contributed by atoms with Crippen molar-refractivity contribution in [1.82, 2.24) is 0 Å². The number of carboxylic acid groups (broad SMARTS) is 1. The summed E-state index contributed by atoms with van der Waals surface area (Å²) in [5, 5.41) is 26.3. The van der Waals surface area contributed by atoms with Crippen molar-refractivity contribution in [3.05, 3.63) is 35.9 Å². The van der Waals surface area contributed by atoms with Gasteiger partial charge in [-0.25, -0.2) is 4.79 Å². The summed E-state index contributed by atoms with van der Waals surface area (Å²) in [7, 11) is 0. The maximum atomic E-state index is 11.3. The van der Waals surface area contributed by atoms with Crippen LogP contribution in [0.4, 0.5) is 0 Å². The Bertz CT molecular complexity index is 433. The van der Waals surface area contributed by atoms with E-state index in [0.717, 1.165) is 18.2 Å². The molecule has 0 aliphatic heterocycles. The van der Waals surface area contributed by atoms with Gasteiger partial charge in [-0.2, -0.15) is 0 Å². The number of allylic oxidation sites excluding steroid dienone is 1. The summed E-state index contributed by atoms with van der Waals surface area (Å²) in [4.78, 5) is 21.4. The lowest BCUT2D eigenvalue weighted by Gasteiger charge is -1.99. The van der Waals surface area contributed by atoms with Gasteiger partial charge in [-0.1, -0.05) is 0 Å². The highest BCUT2D eigenvalue weighted by Gasteiger charge is 2.06. The minimum absolute atomic E-state index is 0.0998. The van der Waals surface area contributed by atoms with Crippen molar-refractivity contribution in [2.75, 3.05) is 0 Å². The van der Waals surface area contributed by atoms with Crippen LogP contribution in [-0.4, -0.2) is 27.1 Å². The average Bonchev–Trinajstić information content (AvgIpc) is 2.18. The molecule has 0 atom stereocenters. The van der Waals surface area contributed by atoms with Crippen LogP contribution in [0.2, 0.25) is 0 Å². The standard InChI is InChI=1S/C10H8O5/c11-7(3-4-10(14)15)6-1-2-8(12)9(13)5-6/h1-5,12-13H,(H,14,15)/b4-3+. The van der Waals surface area contributed by atoms with Crippen molar-refractivity contribution >= 4 is 11.8 Å². The van der Waals surface area contributed by atoms with Crippen molar-refractivity contribution in [2.24, 2.45) is 0 Å². The summed E-state index contributed by atoms with van der Waals surface area (Å²) in [5.41, 5.74) is 0.0998. The normalized spacial score (nSPS) is 10.4. The van der Waals surface area contributed by atoms with Crippen molar-refractivity contribution in [1.29, 1.82) is 0 Å². The van der Waals surface area contributed by atoms with E-state index in [4.69, 9.17) is 15.3 Å². The van der Waals surface area contributed by atoms with E-state index in [1.165, 1.54) is 6.07 Å². The molecule has 5 nitrogen and oxygen atoms in total. The molecular weight excluding hydrogens is 200 g/mol. The van der Waals surface area contributed by atoms with Crippen LogP contribution in [0.3, 0.4) is 0 Å². The van der Waals surface area contributed by atoms with Gasteiger partial charge in [-0.15, -0.1) is 0 Å². The molecule has 1 aromatic carbocycles. The number of rotatable bonds is 3. The lowest BCUT2D eigenvalue weighted by Crippen LogP contribution is -1.96. The average molecular weight is 208 g/mol. The number of phenols is 2. The fraction of sp³-hybridized carbons (Fsp3) is 0. The molecule has 0 aliphatic rings. The monoisotopic (exact) mass is 208 g/mol. The molecule has 0 saturated carbocycles. The summed E-state index contributed by atoms with van der Waals surface area (Å²) in [5.74, 6) is -2.56. The number of aromatic hydroxyl groups is 2. The molecule has 5 heteroatoms.